The first kappa shape index (κ1) is 15.5. The van der Waals surface area contributed by atoms with E-state index in [1.54, 1.807) is 0 Å². The molecule has 0 aliphatic carbocycles. The van der Waals surface area contributed by atoms with Crippen LogP contribution in [0.2, 0.25) is 0 Å². The van der Waals surface area contributed by atoms with E-state index in [2.05, 4.69) is 0 Å². The Morgan fingerprint density at radius 3 is 2.11 bits per heavy atom. The predicted molar refractivity (Wildman–Crippen MR) is 78.8 cm³/mol. The monoisotopic (exact) mass is 279 g/mol. The number of ether oxygens (including phenoxy) is 1. The standard InChI is InChI=1S/C15H17NO2.ClH/c16-15(10-11-17)12-6-8-14(9-7-12)18-13-4-2-1-3-5-13;/h1-9,15,17H,10-11,16H2;1H/t15-;/m0./s1. The third kappa shape index (κ3) is 4.56. The summed E-state index contributed by atoms with van der Waals surface area (Å²) in [6.45, 7) is 0.101. The topological polar surface area (TPSA) is 55.5 Å². The van der Waals surface area contributed by atoms with Crippen LogP contribution in [-0.2, 0) is 0 Å². The van der Waals surface area contributed by atoms with Crippen LogP contribution in [0.3, 0.4) is 0 Å². The first-order chi connectivity index (χ1) is 8.79. The molecule has 0 aromatic heterocycles. The second-order valence-corrected chi connectivity index (χ2v) is 4.10. The van der Waals surface area contributed by atoms with Crippen LogP contribution in [-0.4, -0.2) is 11.7 Å². The Labute approximate surface area is 119 Å². The minimum atomic E-state index is -0.124. The summed E-state index contributed by atoms with van der Waals surface area (Å²) < 4.78 is 5.68. The Bertz CT molecular complexity index is 473. The van der Waals surface area contributed by atoms with Gasteiger partial charge in [-0.25, -0.2) is 0 Å². The van der Waals surface area contributed by atoms with Crippen LogP contribution < -0.4 is 10.5 Å². The van der Waals surface area contributed by atoms with Gasteiger partial charge in [0.15, 0.2) is 0 Å². The molecule has 0 unspecified atom stereocenters. The fourth-order valence-corrected chi connectivity index (χ4v) is 1.71. The van der Waals surface area contributed by atoms with E-state index < -0.39 is 0 Å². The molecule has 0 saturated carbocycles. The minimum absolute atomic E-state index is 0. The van der Waals surface area contributed by atoms with E-state index in [-0.39, 0.29) is 25.1 Å². The second kappa shape index (κ2) is 7.79. The smallest absolute Gasteiger partial charge is 0.127 e. The molecule has 0 radical (unpaired) electrons. The third-order valence-corrected chi connectivity index (χ3v) is 2.73. The SMILES string of the molecule is Cl.N[C@@H](CCO)c1ccc(Oc2ccccc2)cc1. The second-order valence-electron chi connectivity index (χ2n) is 4.10. The van der Waals surface area contributed by atoms with Gasteiger partial charge in [0.25, 0.3) is 0 Å². The maximum absolute atomic E-state index is 8.84. The van der Waals surface area contributed by atoms with Crippen molar-refractivity contribution in [1.29, 1.82) is 0 Å². The number of halogens is 1. The van der Waals surface area contributed by atoms with Crippen molar-refractivity contribution in [3.63, 3.8) is 0 Å². The van der Waals surface area contributed by atoms with E-state index in [9.17, 15) is 0 Å². The summed E-state index contributed by atoms with van der Waals surface area (Å²) in [6, 6.07) is 17.1. The lowest BCUT2D eigenvalue weighted by Crippen LogP contribution is -2.11. The summed E-state index contributed by atoms with van der Waals surface area (Å²) in [6.07, 6.45) is 0.568. The summed E-state index contributed by atoms with van der Waals surface area (Å²) in [5.41, 5.74) is 6.91. The first-order valence-corrected chi connectivity index (χ1v) is 5.99. The number of aliphatic hydroxyl groups is 1. The van der Waals surface area contributed by atoms with Crippen molar-refractivity contribution in [3.8, 4) is 11.5 Å². The number of hydrogen-bond donors (Lipinski definition) is 2. The Hall–Kier alpha value is -1.55. The van der Waals surface area contributed by atoms with Crippen molar-refractivity contribution >= 4 is 12.4 Å². The van der Waals surface area contributed by atoms with Gasteiger partial charge in [-0.1, -0.05) is 30.3 Å². The molecule has 0 spiro atoms. The molecule has 0 fully saturated rings. The van der Waals surface area contributed by atoms with Crippen LogP contribution in [0, 0.1) is 0 Å². The van der Waals surface area contributed by atoms with E-state index >= 15 is 0 Å². The van der Waals surface area contributed by atoms with Crippen LogP contribution in [0.4, 0.5) is 0 Å². The molecule has 2 aromatic carbocycles. The molecular formula is C15H18ClNO2. The molecule has 3 N–H and O–H groups in total. The van der Waals surface area contributed by atoms with Gasteiger partial charge in [0.1, 0.15) is 11.5 Å². The number of nitrogens with two attached hydrogens (primary N) is 1. The van der Waals surface area contributed by atoms with Gasteiger partial charge in [-0.05, 0) is 36.2 Å². The molecule has 0 aliphatic rings. The lowest BCUT2D eigenvalue weighted by molar-refractivity contribution is 0.276. The minimum Gasteiger partial charge on any atom is -0.457 e. The molecule has 2 rings (SSSR count). The summed E-state index contributed by atoms with van der Waals surface area (Å²) >= 11 is 0. The van der Waals surface area contributed by atoms with E-state index in [1.807, 2.05) is 54.6 Å². The van der Waals surface area contributed by atoms with E-state index in [0.29, 0.717) is 6.42 Å². The fraction of sp³-hybridized carbons (Fsp3) is 0.200. The largest absolute Gasteiger partial charge is 0.457 e. The highest BCUT2D eigenvalue weighted by molar-refractivity contribution is 5.85. The normalized spacial score (nSPS) is 11.5. The highest BCUT2D eigenvalue weighted by atomic mass is 35.5. The van der Waals surface area contributed by atoms with Crippen molar-refractivity contribution in [1.82, 2.24) is 0 Å². The summed E-state index contributed by atoms with van der Waals surface area (Å²) in [5, 5.41) is 8.84. The van der Waals surface area contributed by atoms with E-state index in [0.717, 1.165) is 17.1 Å². The Morgan fingerprint density at radius 1 is 0.947 bits per heavy atom. The first-order valence-electron chi connectivity index (χ1n) is 5.99. The fourth-order valence-electron chi connectivity index (χ4n) is 1.71. The van der Waals surface area contributed by atoms with Crippen LogP contribution in [0.1, 0.15) is 18.0 Å². The highest BCUT2D eigenvalue weighted by Gasteiger charge is 2.05. The average Bonchev–Trinajstić information content (AvgIpc) is 2.41. The lowest BCUT2D eigenvalue weighted by atomic mass is 10.1. The predicted octanol–water partition coefficient (Wildman–Crippen LogP) is 3.28. The van der Waals surface area contributed by atoms with Crippen LogP contribution >= 0.6 is 12.4 Å². The summed E-state index contributed by atoms with van der Waals surface area (Å²) in [5.74, 6) is 1.59. The molecule has 0 saturated heterocycles. The van der Waals surface area contributed by atoms with Crippen molar-refractivity contribution in [2.75, 3.05) is 6.61 Å². The molecule has 2 aromatic rings. The number of rotatable bonds is 5. The van der Waals surface area contributed by atoms with E-state index in [1.165, 1.54) is 0 Å². The molecule has 4 heteroatoms. The Kier molecular flexibility index (Phi) is 6.36. The zero-order valence-corrected chi connectivity index (χ0v) is 11.3. The van der Waals surface area contributed by atoms with Crippen molar-refractivity contribution in [2.24, 2.45) is 5.73 Å². The highest BCUT2D eigenvalue weighted by Crippen LogP contribution is 2.23. The van der Waals surface area contributed by atoms with Gasteiger partial charge in [-0.2, -0.15) is 0 Å². The van der Waals surface area contributed by atoms with Gasteiger partial charge >= 0.3 is 0 Å². The van der Waals surface area contributed by atoms with Gasteiger partial charge < -0.3 is 15.6 Å². The number of hydrogen-bond acceptors (Lipinski definition) is 3. The Morgan fingerprint density at radius 2 is 1.53 bits per heavy atom. The third-order valence-electron chi connectivity index (χ3n) is 2.73. The van der Waals surface area contributed by atoms with Crippen molar-refractivity contribution in [3.05, 3.63) is 60.2 Å². The zero-order valence-electron chi connectivity index (χ0n) is 10.5. The molecule has 3 nitrogen and oxygen atoms in total. The van der Waals surface area contributed by atoms with Gasteiger partial charge in [0, 0.05) is 12.6 Å². The Balaban J connectivity index is 0.00000180. The number of benzene rings is 2. The van der Waals surface area contributed by atoms with Crippen LogP contribution in [0.5, 0.6) is 11.5 Å². The molecule has 19 heavy (non-hydrogen) atoms. The quantitative estimate of drug-likeness (QED) is 0.883. The van der Waals surface area contributed by atoms with Crippen LogP contribution in [0.25, 0.3) is 0 Å². The van der Waals surface area contributed by atoms with Gasteiger partial charge in [-0.3, -0.25) is 0 Å². The number of para-hydroxylation sites is 1. The van der Waals surface area contributed by atoms with Gasteiger partial charge in [-0.15, -0.1) is 12.4 Å². The van der Waals surface area contributed by atoms with Gasteiger partial charge in [0.05, 0.1) is 0 Å². The van der Waals surface area contributed by atoms with Crippen LogP contribution in [0.15, 0.2) is 54.6 Å². The van der Waals surface area contributed by atoms with Gasteiger partial charge in [0.2, 0.25) is 0 Å². The molecular weight excluding hydrogens is 262 g/mol. The molecule has 0 amide bonds. The van der Waals surface area contributed by atoms with Crippen molar-refractivity contribution < 1.29 is 9.84 Å². The molecule has 1 atom stereocenters. The molecule has 0 bridgehead atoms. The summed E-state index contributed by atoms with van der Waals surface area (Å²) in [7, 11) is 0. The van der Waals surface area contributed by atoms with E-state index in [4.69, 9.17) is 15.6 Å². The molecule has 102 valence electrons. The maximum Gasteiger partial charge on any atom is 0.127 e. The molecule has 0 aliphatic heterocycles. The number of aliphatic hydroxyl groups excluding tert-OH is 1. The maximum atomic E-state index is 8.84. The zero-order chi connectivity index (χ0) is 12.8. The van der Waals surface area contributed by atoms with Crippen molar-refractivity contribution in [2.45, 2.75) is 12.5 Å². The molecule has 0 heterocycles. The lowest BCUT2D eigenvalue weighted by Gasteiger charge is -2.11. The summed E-state index contributed by atoms with van der Waals surface area (Å²) in [4.78, 5) is 0. The average molecular weight is 280 g/mol.